The SMILES string of the molecule is CC(C)c1cc(-c2cc(-c3cc[c]([Ge]([CH3])([CH3])[CH3])cc3F)c(F)cn2)cc2ccccc12. The molecule has 4 heteroatoms. The molecular formula is C27H27F2GeN. The molecule has 0 saturated carbocycles. The van der Waals surface area contributed by atoms with Crippen LogP contribution < -0.4 is 4.40 Å². The molecule has 0 aliphatic carbocycles. The molecule has 0 unspecified atom stereocenters. The molecule has 0 fully saturated rings. The first kappa shape index (κ1) is 21.7. The van der Waals surface area contributed by atoms with Gasteiger partial charge in [0.25, 0.3) is 0 Å². The summed E-state index contributed by atoms with van der Waals surface area (Å²) >= 11 is -2.17. The summed E-state index contributed by atoms with van der Waals surface area (Å²) in [6.45, 7) is 4.32. The van der Waals surface area contributed by atoms with Crippen molar-refractivity contribution in [3.63, 3.8) is 0 Å². The molecule has 0 amide bonds. The van der Waals surface area contributed by atoms with Crippen molar-refractivity contribution in [2.75, 3.05) is 0 Å². The Morgan fingerprint density at radius 2 is 1.55 bits per heavy atom. The van der Waals surface area contributed by atoms with E-state index in [0.717, 1.165) is 15.3 Å². The molecule has 31 heavy (non-hydrogen) atoms. The zero-order valence-corrected chi connectivity index (χ0v) is 20.7. The third-order valence-electron chi connectivity index (χ3n) is 5.79. The van der Waals surface area contributed by atoms with E-state index in [9.17, 15) is 4.39 Å². The minimum atomic E-state index is -2.17. The summed E-state index contributed by atoms with van der Waals surface area (Å²) in [4.78, 5) is 4.34. The second-order valence-electron chi connectivity index (χ2n) is 9.44. The maximum absolute atomic E-state index is 15.0. The van der Waals surface area contributed by atoms with E-state index in [0.29, 0.717) is 11.6 Å². The Bertz CT molecular complexity index is 1270. The van der Waals surface area contributed by atoms with E-state index in [-0.39, 0.29) is 16.9 Å². The van der Waals surface area contributed by atoms with Crippen LogP contribution in [-0.4, -0.2) is 18.3 Å². The quantitative estimate of drug-likeness (QED) is 0.278. The van der Waals surface area contributed by atoms with E-state index in [1.807, 2.05) is 18.2 Å². The van der Waals surface area contributed by atoms with Gasteiger partial charge in [0.05, 0.1) is 0 Å². The van der Waals surface area contributed by atoms with Gasteiger partial charge in [-0.05, 0) is 0 Å². The van der Waals surface area contributed by atoms with E-state index >= 15 is 4.39 Å². The summed E-state index contributed by atoms with van der Waals surface area (Å²) in [5.74, 6) is 6.08. The second-order valence-corrected chi connectivity index (χ2v) is 20.1. The molecule has 1 aromatic heterocycles. The van der Waals surface area contributed by atoms with Gasteiger partial charge in [-0.15, -0.1) is 0 Å². The van der Waals surface area contributed by atoms with Crippen molar-refractivity contribution in [2.45, 2.75) is 37.0 Å². The average molecular weight is 476 g/mol. The van der Waals surface area contributed by atoms with Crippen molar-refractivity contribution >= 4 is 28.4 Å². The fraction of sp³-hybridized carbons (Fsp3) is 0.222. The zero-order valence-electron chi connectivity index (χ0n) is 18.6. The number of hydrogen-bond acceptors (Lipinski definition) is 1. The Labute approximate surface area is 185 Å². The van der Waals surface area contributed by atoms with Gasteiger partial charge in [-0.1, -0.05) is 6.07 Å². The van der Waals surface area contributed by atoms with Gasteiger partial charge in [0.15, 0.2) is 0 Å². The number of pyridine rings is 1. The monoisotopic (exact) mass is 477 g/mol. The zero-order chi connectivity index (χ0) is 22.3. The molecular weight excluding hydrogens is 449 g/mol. The Balaban J connectivity index is 1.86. The van der Waals surface area contributed by atoms with Gasteiger partial charge in [0, 0.05) is 0 Å². The van der Waals surface area contributed by atoms with Crippen LogP contribution in [0.3, 0.4) is 0 Å². The van der Waals surface area contributed by atoms with Gasteiger partial charge in [0.2, 0.25) is 0 Å². The van der Waals surface area contributed by atoms with Crippen LogP contribution in [0.4, 0.5) is 8.78 Å². The van der Waals surface area contributed by atoms with Crippen LogP contribution in [0.5, 0.6) is 0 Å². The number of halogens is 2. The number of nitrogens with zero attached hydrogens (tertiary/aromatic N) is 1. The van der Waals surface area contributed by atoms with Crippen LogP contribution in [0, 0.1) is 11.6 Å². The number of aromatic nitrogens is 1. The summed E-state index contributed by atoms with van der Waals surface area (Å²) in [6.07, 6.45) is 1.20. The Hall–Kier alpha value is -2.53. The molecule has 4 aromatic rings. The summed E-state index contributed by atoms with van der Waals surface area (Å²) in [7, 11) is 0. The topological polar surface area (TPSA) is 12.9 Å². The molecule has 0 aliphatic heterocycles. The fourth-order valence-corrected chi connectivity index (χ4v) is 6.37. The summed E-state index contributed by atoms with van der Waals surface area (Å²) in [6, 6.07) is 19.3. The van der Waals surface area contributed by atoms with Crippen LogP contribution in [0.15, 0.2) is 66.9 Å². The molecule has 3 aromatic carbocycles. The molecule has 158 valence electrons. The van der Waals surface area contributed by atoms with Gasteiger partial charge in [-0.2, -0.15) is 0 Å². The Morgan fingerprint density at radius 1 is 0.806 bits per heavy atom. The standard InChI is InChI=1S/C27H27F2GeN/c1-17(2)23-13-19(12-18-8-6-7-9-21(18)23)27-15-24(26(29)16-31-27)22-11-10-20(14-25(22)28)30(3,4)5/h6-17H,1-5H3. The van der Waals surface area contributed by atoms with Gasteiger partial charge in [0.1, 0.15) is 0 Å². The van der Waals surface area contributed by atoms with Crippen LogP contribution in [-0.2, 0) is 0 Å². The van der Waals surface area contributed by atoms with Gasteiger partial charge in [-0.3, -0.25) is 0 Å². The predicted octanol–water partition coefficient (Wildman–Crippen LogP) is 7.52. The molecule has 0 spiro atoms. The summed E-state index contributed by atoms with van der Waals surface area (Å²) in [5.41, 5.74) is 3.29. The van der Waals surface area contributed by atoms with Crippen molar-refractivity contribution in [3.8, 4) is 22.4 Å². The molecule has 0 radical (unpaired) electrons. The van der Waals surface area contributed by atoms with Crippen LogP contribution >= 0.6 is 0 Å². The van der Waals surface area contributed by atoms with E-state index in [1.54, 1.807) is 18.2 Å². The third-order valence-corrected chi connectivity index (χ3v) is 10.1. The van der Waals surface area contributed by atoms with Gasteiger partial charge >= 0.3 is 180 Å². The molecule has 1 nitrogen and oxygen atoms in total. The normalized spacial score (nSPS) is 12.0. The fourth-order valence-electron chi connectivity index (χ4n) is 3.97. The Morgan fingerprint density at radius 3 is 2.23 bits per heavy atom. The van der Waals surface area contributed by atoms with Crippen molar-refractivity contribution in [1.82, 2.24) is 4.98 Å². The average Bonchev–Trinajstić information content (AvgIpc) is 2.72. The minimum absolute atomic E-state index is 0.245. The van der Waals surface area contributed by atoms with Gasteiger partial charge in [-0.25, -0.2) is 0 Å². The second kappa shape index (κ2) is 8.19. The molecule has 4 rings (SSSR count). The predicted molar refractivity (Wildman–Crippen MR) is 130 cm³/mol. The van der Waals surface area contributed by atoms with E-state index in [2.05, 4.69) is 60.4 Å². The van der Waals surface area contributed by atoms with Crippen LogP contribution in [0.25, 0.3) is 33.2 Å². The van der Waals surface area contributed by atoms with E-state index in [4.69, 9.17) is 0 Å². The molecule has 0 aliphatic rings. The molecule has 1 heterocycles. The summed E-state index contributed by atoms with van der Waals surface area (Å²) < 4.78 is 30.8. The number of benzene rings is 3. The number of fused-ring (bicyclic) bond motifs is 1. The molecule has 0 saturated heterocycles. The Kier molecular flexibility index (Phi) is 5.73. The molecule has 0 atom stereocenters. The van der Waals surface area contributed by atoms with Crippen molar-refractivity contribution < 1.29 is 8.78 Å². The molecule has 0 bridgehead atoms. The van der Waals surface area contributed by atoms with Crippen LogP contribution in [0.1, 0.15) is 25.3 Å². The molecule has 0 N–H and O–H groups in total. The van der Waals surface area contributed by atoms with E-state index in [1.165, 1.54) is 17.1 Å². The first-order chi connectivity index (χ1) is 14.6. The van der Waals surface area contributed by atoms with Crippen molar-refractivity contribution in [1.29, 1.82) is 0 Å². The summed E-state index contributed by atoms with van der Waals surface area (Å²) in [5, 5.41) is 2.32. The first-order valence-corrected chi connectivity index (χ1v) is 18.0. The third kappa shape index (κ3) is 4.29. The van der Waals surface area contributed by atoms with Crippen LogP contribution in [0.2, 0.25) is 17.3 Å². The maximum atomic E-state index is 15.0. The van der Waals surface area contributed by atoms with Crippen molar-refractivity contribution in [3.05, 3.63) is 84.1 Å². The number of hydrogen-bond donors (Lipinski definition) is 0. The first-order valence-electron chi connectivity index (χ1n) is 10.6. The number of rotatable bonds is 4. The van der Waals surface area contributed by atoms with E-state index < -0.39 is 19.1 Å². The van der Waals surface area contributed by atoms with Gasteiger partial charge < -0.3 is 0 Å². The van der Waals surface area contributed by atoms with Crippen molar-refractivity contribution in [2.24, 2.45) is 0 Å².